The lowest BCUT2D eigenvalue weighted by molar-refractivity contribution is -0.142. The number of rotatable bonds is 2. The molecule has 3 heteroatoms. The van der Waals surface area contributed by atoms with Crippen LogP contribution >= 0.6 is 0 Å². The monoisotopic (exact) mass is 353 g/mol. The molecule has 1 aliphatic heterocycles. The summed E-state index contributed by atoms with van der Waals surface area (Å²) >= 11 is 0. The minimum atomic E-state index is -0.0456. The number of allylic oxidation sites excluding steroid dienone is 1. The van der Waals surface area contributed by atoms with E-state index in [0.29, 0.717) is 5.41 Å². The van der Waals surface area contributed by atoms with Crippen LogP contribution in [-0.4, -0.2) is 18.2 Å². The van der Waals surface area contributed by atoms with Gasteiger partial charge in [-0.15, -0.1) is 0 Å². The fourth-order valence-electron chi connectivity index (χ4n) is 8.88. The van der Waals surface area contributed by atoms with Crippen molar-refractivity contribution in [3.63, 3.8) is 0 Å². The second-order valence-corrected chi connectivity index (χ2v) is 10.1. The maximum absolute atomic E-state index is 11.0. The maximum Gasteiger partial charge on any atom is 0.110 e. The van der Waals surface area contributed by atoms with Crippen LogP contribution in [-0.2, 0) is 4.74 Å². The molecule has 0 radical (unpaired) electrons. The van der Waals surface area contributed by atoms with E-state index in [1.54, 1.807) is 5.57 Å². The molecule has 0 aromatic carbocycles. The molecule has 0 aromatic heterocycles. The molecule has 140 valence electrons. The molecule has 5 aliphatic carbocycles. The number of nitroso groups, excluding NO2 is 1. The number of ether oxygens (including phenoxy) is 1. The van der Waals surface area contributed by atoms with E-state index in [1.165, 1.54) is 44.9 Å². The van der Waals surface area contributed by atoms with Gasteiger partial charge in [0.1, 0.15) is 6.04 Å². The Morgan fingerprint density at radius 2 is 2.12 bits per heavy atom. The Morgan fingerprint density at radius 3 is 2.88 bits per heavy atom. The van der Waals surface area contributed by atoms with Gasteiger partial charge in [0.2, 0.25) is 0 Å². The van der Waals surface area contributed by atoms with Crippen LogP contribution in [0.25, 0.3) is 0 Å². The van der Waals surface area contributed by atoms with Crippen molar-refractivity contribution < 1.29 is 4.74 Å². The largest absolute Gasteiger partial charge is 0.366 e. The molecular weight excluding hydrogens is 322 g/mol. The zero-order chi connectivity index (χ0) is 17.5. The summed E-state index contributed by atoms with van der Waals surface area (Å²) in [6, 6.07) is -0.0456. The van der Waals surface area contributed by atoms with Crippen molar-refractivity contribution in [2.45, 2.75) is 69.9 Å². The molecule has 0 amide bonds. The van der Waals surface area contributed by atoms with Gasteiger partial charge in [-0.05, 0) is 86.9 Å². The number of fused-ring (bicyclic) bond motifs is 9. The highest BCUT2D eigenvalue weighted by Crippen LogP contribution is 2.78. The third kappa shape index (κ3) is 1.75. The van der Waals surface area contributed by atoms with Gasteiger partial charge in [-0.25, -0.2) is 0 Å². The topological polar surface area (TPSA) is 38.7 Å². The predicted octanol–water partition coefficient (Wildman–Crippen LogP) is 5.27. The minimum Gasteiger partial charge on any atom is -0.366 e. The summed E-state index contributed by atoms with van der Waals surface area (Å²) in [6.45, 7) is 3.27. The van der Waals surface area contributed by atoms with Crippen molar-refractivity contribution >= 4 is 0 Å². The SMILES string of the molecule is CC[C@]12CCC3C(CCC4=CC(N=O)CC[C@@H]43)C1C1CC1[C@@]21C=CCO1. The van der Waals surface area contributed by atoms with Crippen LogP contribution in [0.3, 0.4) is 0 Å². The quantitative estimate of drug-likeness (QED) is 0.501. The molecule has 26 heavy (non-hydrogen) atoms. The van der Waals surface area contributed by atoms with Crippen LogP contribution in [0.1, 0.15) is 58.3 Å². The zero-order valence-corrected chi connectivity index (χ0v) is 15.9. The Kier molecular flexibility index (Phi) is 3.27. The average molecular weight is 354 g/mol. The summed E-state index contributed by atoms with van der Waals surface area (Å²) in [7, 11) is 0. The summed E-state index contributed by atoms with van der Waals surface area (Å²) in [6.07, 6.45) is 17.2. The second kappa shape index (κ2) is 5.31. The summed E-state index contributed by atoms with van der Waals surface area (Å²) in [5.74, 6) is 5.09. The normalized spacial score (nSPS) is 56.3. The molecule has 0 bridgehead atoms. The van der Waals surface area contributed by atoms with E-state index in [9.17, 15) is 4.91 Å². The molecule has 4 saturated carbocycles. The molecule has 4 fully saturated rings. The standard InChI is InChI=1S/C23H31NO2/c1-2-22-10-8-17-16-7-5-15(24-25)12-14(16)4-6-18(17)21(22)19-13-20(19)23(22)9-3-11-26-23/h3,9,12,15-21H,2,4-8,10-11,13H2,1H3/t15?,16-,17?,18?,19?,20?,21?,22-,23-/m0/s1. The number of hydrogen-bond donors (Lipinski definition) is 0. The van der Waals surface area contributed by atoms with E-state index in [0.717, 1.165) is 48.5 Å². The predicted molar refractivity (Wildman–Crippen MR) is 101 cm³/mol. The van der Waals surface area contributed by atoms with Crippen LogP contribution in [0.4, 0.5) is 0 Å². The molecule has 1 heterocycles. The maximum atomic E-state index is 11.0. The lowest BCUT2D eigenvalue weighted by atomic mass is 9.48. The molecule has 3 nitrogen and oxygen atoms in total. The highest BCUT2D eigenvalue weighted by Gasteiger charge is 2.77. The first-order chi connectivity index (χ1) is 12.7. The molecule has 9 atom stereocenters. The molecular formula is C23H31NO2. The fraction of sp³-hybridized carbons (Fsp3) is 0.826. The van der Waals surface area contributed by atoms with Gasteiger partial charge < -0.3 is 4.74 Å². The van der Waals surface area contributed by atoms with E-state index in [2.05, 4.69) is 30.3 Å². The summed E-state index contributed by atoms with van der Waals surface area (Å²) in [5.41, 5.74) is 2.07. The van der Waals surface area contributed by atoms with Crippen molar-refractivity contribution in [2.24, 2.45) is 46.1 Å². The van der Waals surface area contributed by atoms with Gasteiger partial charge in [-0.1, -0.05) is 35.9 Å². The molecule has 0 saturated heterocycles. The molecule has 6 rings (SSSR count). The van der Waals surface area contributed by atoms with Gasteiger partial charge in [0.25, 0.3) is 0 Å². The van der Waals surface area contributed by atoms with Gasteiger partial charge in [0.15, 0.2) is 0 Å². The van der Waals surface area contributed by atoms with E-state index in [4.69, 9.17) is 4.74 Å². The Labute approximate surface area is 156 Å². The Bertz CT molecular complexity index is 698. The van der Waals surface area contributed by atoms with Crippen LogP contribution in [0, 0.1) is 45.8 Å². The number of nitrogens with zero attached hydrogens (tertiary/aromatic N) is 1. The lowest BCUT2D eigenvalue weighted by Gasteiger charge is -2.58. The van der Waals surface area contributed by atoms with Gasteiger partial charge in [-0.3, -0.25) is 0 Å². The third-order valence-corrected chi connectivity index (χ3v) is 9.69. The first kappa shape index (κ1) is 16.0. The Balaban J connectivity index is 1.37. The minimum absolute atomic E-state index is 0.0456. The molecule has 0 aromatic rings. The van der Waals surface area contributed by atoms with Crippen LogP contribution in [0.2, 0.25) is 0 Å². The van der Waals surface area contributed by atoms with Crippen LogP contribution < -0.4 is 0 Å². The van der Waals surface area contributed by atoms with E-state index >= 15 is 0 Å². The smallest absolute Gasteiger partial charge is 0.110 e. The summed E-state index contributed by atoms with van der Waals surface area (Å²) in [4.78, 5) is 11.0. The molecule has 0 N–H and O–H groups in total. The van der Waals surface area contributed by atoms with Gasteiger partial charge >= 0.3 is 0 Å². The second-order valence-electron chi connectivity index (χ2n) is 10.1. The molecule has 1 spiro atoms. The zero-order valence-electron chi connectivity index (χ0n) is 15.9. The van der Waals surface area contributed by atoms with Gasteiger partial charge in [-0.2, -0.15) is 4.91 Å². The first-order valence-corrected chi connectivity index (χ1v) is 11.1. The van der Waals surface area contributed by atoms with Crippen molar-refractivity contribution in [2.75, 3.05) is 6.61 Å². The van der Waals surface area contributed by atoms with Crippen molar-refractivity contribution in [1.29, 1.82) is 0 Å². The highest BCUT2D eigenvalue weighted by molar-refractivity contribution is 5.34. The van der Waals surface area contributed by atoms with Crippen molar-refractivity contribution in [3.8, 4) is 0 Å². The Hall–Kier alpha value is -0.960. The van der Waals surface area contributed by atoms with E-state index in [1.807, 2.05) is 0 Å². The molecule has 6 unspecified atom stereocenters. The van der Waals surface area contributed by atoms with E-state index < -0.39 is 0 Å². The first-order valence-electron chi connectivity index (χ1n) is 11.1. The Morgan fingerprint density at radius 1 is 1.19 bits per heavy atom. The van der Waals surface area contributed by atoms with Crippen molar-refractivity contribution in [3.05, 3.63) is 28.7 Å². The lowest BCUT2D eigenvalue weighted by Crippen LogP contribution is -2.56. The average Bonchev–Trinajstić information content (AvgIpc) is 3.26. The van der Waals surface area contributed by atoms with Crippen molar-refractivity contribution in [1.82, 2.24) is 0 Å². The molecule has 6 aliphatic rings. The summed E-state index contributed by atoms with van der Waals surface area (Å²) < 4.78 is 6.56. The van der Waals surface area contributed by atoms with Crippen LogP contribution in [0.5, 0.6) is 0 Å². The third-order valence-electron chi connectivity index (χ3n) is 9.69. The van der Waals surface area contributed by atoms with Gasteiger partial charge in [0, 0.05) is 5.41 Å². The van der Waals surface area contributed by atoms with Crippen LogP contribution in [0.15, 0.2) is 29.0 Å². The number of hydrogen-bond acceptors (Lipinski definition) is 3. The van der Waals surface area contributed by atoms with E-state index in [-0.39, 0.29) is 11.6 Å². The van der Waals surface area contributed by atoms with Gasteiger partial charge in [0.05, 0.1) is 12.2 Å². The fourth-order valence-corrected chi connectivity index (χ4v) is 8.88. The summed E-state index contributed by atoms with van der Waals surface area (Å²) in [5, 5.41) is 3.34. The highest BCUT2D eigenvalue weighted by atomic mass is 16.5.